The van der Waals surface area contributed by atoms with Gasteiger partial charge in [0.2, 0.25) is 0 Å². The third-order valence-corrected chi connectivity index (χ3v) is 4.11. The third-order valence-electron chi connectivity index (χ3n) is 2.90. The van der Waals surface area contributed by atoms with Gasteiger partial charge in [0, 0.05) is 10.9 Å². The zero-order chi connectivity index (χ0) is 11.0. The molecule has 1 aliphatic rings. The van der Waals surface area contributed by atoms with E-state index in [1.165, 1.54) is 24.0 Å². The highest BCUT2D eigenvalue weighted by Gasteiger charge is 2.23. The summed E-state index contributed by atoms with van der Waals surface area (Å²) in [6.07, 6.45) is 2.71. The van der Waals surface area contributed by atoms with Crippen molar-refractivity contribution < 1.29 is 0 Å². The number of rotatable bonds is 3. The molecule has 0 unspecified atom stereocenters. The Labute approximate surface area is 104 Å². The van der Waals surface area contributed by atoms with Crippen molar-refractivity contribution in [3.05, 3.63) is 40.9 Å². The molecule has 0 radical (unpaired) electrons. The SMILES string of the molecule is ClCc1csc(-c2ccc(C3CC3)cc2)n1. The van der Waals surface area contributed by atoms with Crippen molar-refractivity contribution in [1.29, 1.82) is 0 Å². The molecule has 1 heterocycles. The maximum Gasteiger partial charge on any atom is 0.123 e. The third kappa shape index (κ3) is 2.00. The Morgan fingerprint density at radius 3 is 2.56 bits per heavy atom. The molecule has 2 aromatic rings. The molecule has 0 aliphatic heterocycles. The first-order valence-electron chi connectivity index (χ1n) is 5.47. The number of hydrogen-bond donors (Lipinski definition) is 0. The average molecular weight is 250 g/mol. The second kappa shape index (κ2) is 4.19. The normalized spacial score (nSPS) is 15.3. The van der Waals surface area contributed by atoms with Crippen molar-refractivity contribution in [3.63, 3.8) is 0 Å². The van der Waals surface area contributed by atoms with Crippen LogP contribution < -0.4 is 0 Å². The molecule has 1 aliphatic carbocycles. The lowest BCUT2D eigenvalue weighted by atomic mass is 10.1. The van der Waals surface area contributed by atoms with E-state index in [0.717, 1.165) is 16.6 Å². The predicted octanol–water partition coefficient (Wildman–Crippen LogP) is 4.43. The lowest BCUT2D eigenvalue weighted by molar-refractivity contribution is 1.13. The van der Waals surface area contributed by atoms with E-state index in [9.17, 15) is 0 Å². The molecule has 1 aromatic heterocycles. The van der Waals surface area contributed by atoms with E-state index in [1.807, 2.05) is 5.38 Å². The van der Waals surface area contributed by atoms with E-state index < -0.39 is 0 Å². The summed E-state index contributed by atoms with van der Waals surface area (Å²) in [4.78, 5) is 4.48. The van der Waals surface area contributed by atoms with Crippen molar-refractivity contribution >= 4 is 22.9 Å². The van der Waals surface area contributed by atoms with E-state index in [0.29, 0.717) is 5.88 Å². The smallest absolute Gasteiger partial charge is 0.123 e. The Morgan fingerprint density at radius 2 is 2.00 bits per heavy atom. The maximum atomic E-state index is 5.75. The monoisotopic (exact) mass is 249 g/mol. The first-order chi connectivity index (χ1) is 7.86. The largest absolute Gasteiger partial charge is 0.240 e. The summed E-state index contributed by atoms with van der Waals surface area (Å²) < 4.78 is 0. The molecule has 0 saturated heterocycles. The molecule has 3 heteroatoms. The standard InChI is InChI=1S/C13H12ClNS/c14-7-12-8-16-13(15-12)11-5-3-10(4-6-11)9-1-2-9/h3-6,8-9H,1-2,7H2. The fourth-order valence-corrected chi connectivity index (χ4v) is 2.87. The van der Waals surface area contributed by atoms with Crippen LogP contribution in [0.3, 0.4) is 0 Å². The molecule has 82 valence electrons. The van der Waals surface area contributed by atoms with Crippen LogP contribution in [-0.2, 0) is 5.88 Å². The van der Waals surface area contributed by atoms with Crippen molar-refractivity contribution in [1.82, 2.24) is 4.98 Å². The first kappa shape index (κ1) is 10.3. The van der Waals surface area contributed by atoms with Crippen molar-refractivity contribution in [2.45, 2.75) is 24.6 Å². The number of hydrogen-bond acceptors (Lipinski definition) is 2. The van der Waals surface area contributed by atoms with Crippen molar-refractivity contribution in [3.8, 4) is 10.6 Å². The number of aromatic nitrogens is 1. The molecule has 1 fully saturated rings. The van der Waals surface area contributed by atoms with Crippen LogP contribution in [0.5, 0.6) is 0 Å². The molecule has 16 heavy (non-hydrogen) atoms. The Bertz CT molecular complexity index is 485. The molecule has 0 N–H and O–H groups in total. The molecular weight excluding hydrogens is 238 g/mol. The van der Waals surface area contributed by atoms with E-state index >= 15 is 0 Å². The fraction of sp³-hybridized carbons (Fsp3) is 0.308. The van der Waals surface area contributed by atoms with Crippen LogP contribution >= 0.6 is 22.9 Å². The summed E-state index contributed by atoms with van der Waals surface area (Å²) in [5.41, 5.74) is 3.64. The number of nitrogens with zero attached hydrogens (tertiary/aromatic N) is 1. The van der Waals surface area contributed by atoms with E-state index in [-0.39, 0.29) is 0 Å². The Morgan fingerprint density at radius 1 is 1.25 bits per heavy atom. The van der Waals surface area contributed by atoms with Crippen LogP contribution in [0.25, 0.3) is 10.6 Å². The number of benzene rings is 1. The quantitative estimate of drug-likeness (QED) is 0.734. The van der Waals surface area contributed by atoms with Gasteiger partial charge >= 0.3 is 0 Å². The van der Waals surface area contributed by atoms with Gasteiger partial charge in [-0.3, -0.25) is 0 Å². The Balaban J connectivity index is 1.87. The maximum absolute atomic E-state index is 5.75. The number of alkyl halides is 1. The van der Waals surface area contributed by atoms with E-state index in [1.54, 1.807) is 11.3 Å². The van der Waals surface area contributed by atoms with Gasteiger partial charge in [0.25, 0.3) is 0 Å². The summed E-state index contributed by atoms with van der Waals surface area (Å²) in [7, 11) is 0. The first-order valence-corrected chi connectivity index (χ1v) is 6.89. The molecule has 3 rings (SSSR count). The summed E-state index contributed by atoms with van der Waals surface area (Å²) in [5, 5.41) is 3.09. The zero-order valence-electron chi connectivity index (χ0n) is 8.82. The lowest BCUT2D eigenvalue weighted by Gasteiger charge is -1.99. The van der Waals surface area contributed by atoms with Gasteiger partial charge in [-0.25, -0.2) is 4.98 Å². The van der Waals surface area contributed by atoms with Gasteiger partial charge in [0.1, 0.15) is 5.01 Å². The predicted molar refractivity (Wildman–Crippen MR) is 69.1 cm³/mol. The number of thiazole rings is 1. The van der Waals surface area contributed by atoms with Crippen LogP contribution in [0.1, 0.15) is 30.0 Å². The molecule has 1 saturated carbocycles. The lowest BCUT2D eigenvalue weighted by Crippen LogP contribution is -1.81. The minimum atomic E-state index is 0.497. The van der Waals surface area contributed by atoms with Crippen LogP contribution in [0.15, 0.2) is 29.6 Å². The highest BCUT2D eigenvalue weighted by molar-refractivity contribution is 7.13. The number of halogens is 1. The molecule has 1 nitrogen and oxygen atoms in total. The van der Waals surface area contributed by atoms with Gasteiger partial charge in [0.15, 0.2) is 0 Å². The summed E-state index contributed by atoms with van der Waals surface area (Å²) in [6, 6.07) is 8.80. The summed E-state index contributed by atoms with van der Waals surface area (Å²) in [6.45, 7) is 0. The van der Waals surface area contributed by atoms with Crippen LogP contribution in [0.2, 0.25) is 0 Å². The molecule has 0 amide bonds. The van der Waals surface area contributed by atoms with Gasteiger partial charge < -0.3 is 0 Å². The second-order valence-electron chi connectivity index (χ2n) is 4.17. The Kier molecular flexibility index (Phi) is 2.70. The van der Waals surface area contributed by atoms with E-state index in [2.05, 4.69) is 29.2 Å². The second-order valence-corrected chi connectivity index (χ2v) is 5.30. The molecule has 1 aromatic carbocycles. The highest BCUT2D eigenvalue weighted by Crippen LogP contribution is 2.40. The molecule has 0 bridgehead atoms. The van der Waals surface area contributed by atoms with Gasteiger partial charge in [-0.05, 0) is 24.3 Å². The summed E-state index contributed by atoms with van der Waals surface area (Å²) >= 11 is 7.41. The topological polar surface area (TPSA) is 12.9 Å². The summed E-state index contributed by atoms with van der Waals surface area (Å²) in [5.74, 6) is 1.32. The van der Waals surface area contributed by atoms with Crippen LogP contribution in [-0.4, -0.2) is 4.98 Å². The van der Waals surface area contributed by atoms with Gasteiger partial charge in [0.05, 0.1) is 11.6 Å². The average Bonchev–Trinajstić information content (AvgIpc) is 3.07. The zero-order valence-corrected chi connectivity index (χ0v) is 10.4. The van der Waals surface area contributed by atoms with Crippen molar-refractivity contribution in [2.75, 3.05) is 0 Å². The molecule has 0 spiro atoms. The minimum absolute atomic E-state index is 0.497. The van der Waals surface area contributed by atoms with E-state index in [4.69, 9.17) is 11.6 Å². The van der Waals surface area contributed by atoms with Crippen LogP contribution in [0, 0.1) is 0 Å². The van der Waals surface area contributed by atoms with Crippen LogP contribution in [0.4, 0.5) is 0 Å². The molecule has 0 atom stereocenters. The van der Waals surface area contributed by atoms with Crippen molar-refractivity contribution in [2.24, 2.45) is 0 Å². The fourth-order valence-electron chi connectivity index (χ4n) is 1.82. The minimum Gasteiger partial charge on any atom is -0.240 e. The van der Waals surface area contributed by atoms with Gasteiger partial charge in [-0.15, -0.1) is 22.9 Å². The van der Waals surface area contributed by atoms with Gasteiger partial charge in [-0.2, -0.15) is 0 Å². The van der Waals surface area contributed by atoms with Gasteiger partial charge in [-0.1, -0.05) is 24.3 Å². The highest BCUT2D eigenvalue weighted by atomic mass is 35.5. The Hall–Kier alpha value is -0.860. The molecular formula is C13H12ClNS.